The van der Waals surface area contributed by atoms with Gasteiger partial charge in [-0.3, -0.25) is 9.59 Å². The quantitative estimate of drug-likeness (QED) is 0.580. The van der Waals surface area contributed by atoms with Crippen LogP contribution < -0.4 is 5.32 Å². The van der Waals surface area contributed by atoms with Gasteiger partial charge in [-0.05, 0) is 62.9 Å². The lowest BCUT2D eigenvalue weighted by atomic mass is 10.0. The summed E-state index contributed by atoms with van der Waals surface area (Å²) in [6.07, 6.45) is 1.04. The van der Waals surface area contributed by atoms with E-state index in [1.165, 1.54) is 0 Å². The van der Waals surface area contributed by atoms with E-state index in [0.29, 0.717) is 10.0 Å². The summed E-state index contributed by atoms with van der Waals surface area (Å²) >= 11 is 12.4. The molecule has 0 aliphatic rings. The highest BCUT2D eigenvalue weighted by Crippen LogP contribution is 2.24. The number of hydrogen-bond donors (Lipinski definition) is 1. The van der Waals surface area contributed by atoms with Crippen molar-refractivity contribution in [2.24, 2.45) is 0 Å². The fourth-order valence-corrected chi connectivity index (χ4v) is 3.61. The van der Waals surface area contributed by atoms with Crippen LogP contribution in [0, 0.1) is 13.8 Å². The molecule has 4 nitrogen and oxygen atoms in total. The lowest BCUT2D eigenvalue weighted by Gasteiger charge is -2.30. The molecule has 2 amide bonds. The highest BCUT2D eigenvalue weighted by atomic mass is 35.5. The maximum absolute atomic E-state index is 13.3. The lowest BCUT2D eigenvalue weighted by molar-refractivity contribution is -0.140. The van der Waals surface area contributed by atoms with Crippen molar-refractivity contribution in [3.05, 3.63) is 68.7 Å². The van der Waals surface area contributed by atoms with Gasteiger partial charge in [0.25, 0.3) is 0 Å². The second-order valence-electron chi connectivity index (χ2n) is 7.86. The number of hydrogen-bond acceptors (Lipinski definition) is 2. The van der Waals surface area contributed by atoms with Crippen molar-refractivity contribution in [3.8, 4) is 0 Å². The number of nitrogens with zero attached hydrogens (tertiary/aromatic N) is 1. The Hall–Kier alpha value is -2.04. The monoisotopic (exact) mass is 448 g/mol. The first-order valence-electron chi connectivity index (χ1n) is 10.2. The molecule has 2 rings (SSSR count). The fraction of sp³-hybridized carbons (Fsp3) is 0.417. The number of carbonyl (C=O) groups is 2. The minimum atomic E-state index is -0.636. The number of rotatable bonds is 8. The summed E-state index contributed by atoms with van der Waals surface area (Å²) in [6, 6.07) is 10.6. The van der Waals surface area contributed by atoms with E-state index in [1.807, 2.05) is 45.9 Å². The molecule has 0 aliphatic heterocycles. The molecule has 2 atom stereocenters. The van der Waals surface area contributed by atoms with E-state index < -0.39 is 6.04 Å². The van der Waals surface area contributed by atoms with Crippen LogP contribution in [0.25, 0.3) is 0 Å². The van der Waals surface area contributed by atoms with Crippen molar-refractivity contribution in [2.75, 3.05) is 0 Å². The van der Waals surface area contributed by atoms with Crippen molar-refractivity contribution < 1.29 is 9.59 Å². The van der Waals surface area contributed by atoms with Crippen molar-refractivity contribution >= 4 is 35.0 Å². The average Bonchev–Trinajstić information content (AvgIpc) is 2.69. The van der Waals surface area contributed by atoms with Gasteiger partial charge in [0.1, 0.15) is 6.04 Å². The third-order valence-corrected chi connectivity index (χ3v) is 5.96. The Morgan fingerprint density at radius 2 is 1.73 bits per heavy atom. The van der Waals surface area contributed by atoms with Gasteiger partial charge in [-0.15, -0.1) is 0 Å². The van der Waals surface area contributed by atoms with Gasteiger partial charge in [0.05, 0.1) is 6.42 Å². The molecular weight excluding hydrogens is 419 g/mol. The van der Waals surface area contributed by atoms with Gasteiger partial charge in [-0.2, -0.15) is 0 Å². The highest BCUT2D eigenvalue weighted by molar-refractivity contribution is 6.35. The molecule has 6 heteroatoms. The molecule has 0 fully saturated rings. The van der Waals surface area contributed by atoms with E-state index in [4.69, 9.17) is 23.2 Å². The van der Waals surface area contributed by atoms with E-state index in [-0.39, 0.29) is 30.8 Å². The summed E-state index contributed by atoms with van der Waals surface area (Å²) in [5.41, 5.74) is 3.86. The minimum Gasteiger partial charge on any atom is -0.352 e. The summed E-state index contributed by atoms with van der Waals surface area (Å²) in [7, 11) is 0. The largest absolute Gasteiger partial charge is 0.352 e. The van der Waals surface area contributed by atoms with E-state index in [9.17, 15) is 9.59 Å². The molecular formula is C24H30Cl2N2O2. The van der Waals surface area contributed by atoms with E-state index in [2.05, 4.69) is 5.32 Å². The summed E-state index contributed by atoms with van der Waals surface area (Å²) in [5.74, 6) is -0.301. The molecule has 1 N–H and O–H groups in total. The Bertz CT molecular complexity index is 914. The first-order chi connectivity index (χ1) is 14.1. The zero-order chi connectivity index (χ0) is 22.4. The van der Waals surface area contributed by atoms with Crippen LogP contribution in [0.15, 0.2) is 36.4 Å². The van der Waals surface area contributed by atoms with Crippen LogP contribution in [-0.4, -0.2) is 28.8 Å². The van der Waals surface area contributed by atoms with Crippen molar-refractivity contribution in [2.45, 2.75) is 66.1 Å². The standard InChI is InChI=1S/C24H30Cl2N2O2/c1-6-17(4)27-24(30)18(5)28(14-19-9-10-21(25)13-22(19)26)23(29)12-20-11-15(2)7-8-16(20)3/h7-11,13,17-18H,6,12,14H2,1-5H3,(H,27,30)/t17-,18+/m1/s1. The normalized spacial score (nSPS) is 12.9. The van der Waals surface area contributed by atoms with Gasteiger partial charge in [-0.25, -0.2) is 0 Å². The third kappa shape index (κ3) is 6.48. The zero-order valence-corrected chi connectivity index (χ0v) is 19.8. The SMILES string of the molecule is CC[C@@H](C)NC(=O)[C@H](C)N(Cc1ccc(Cl)cc1Cl)C(=O)Cc1cc(C)ccc1C. The van der Waals surface area contributed by atoms with Gasteiger partial charge in [-0.1, -0.05) is 60.0 Å². The molecule has 0 saturated heterocycles. The van der Waals surface area contributed by atoms with E-state index in [1.54, 1.807) is 30.0 Å². The van der Waals surface area contributed by atoms with Gasteiger partial charge in [0.15, 0.2) is 0 Å². The predicted octanol–water partition coefficient (Wildman–Crippen LogP) is 5.48. The van der Waals surface area contributed by atoms with E-state index >= 15 is 0 Å². The summed E-state index contributed by atoms with van der Waals surface area (Å²) in [4.78, 5) is 27.7. The first-order valence-corrected chi connectivity index (χ1v) is 11.0. The molecule has 0 spiro atoms. The molecule has 2 aromatic rings. The number of halogens is 2. The van der Waals surface area contributed by atoms with Crippen molar-refractivity contribution in [3.63, 3.8) is 0 Å². The van der Waals surface area contributed by atoms with Gasteiger partial charge in [0, 0.05) is 22.6 Å². The molecule has 2 aromatic carbocycles. The molecule has 0 radical (unpaired) electrons. The molecule has 0 unspecified atom stereocenters. The van der Waals surface area contributed by atoms with Crippen LogP contribution in [0.2, 0.25) is 10.0 Å². The van der Waals surface area contributed by atoms with Crippen LogP contribution in [-0.2, 0) is 22.6 Å². The average molecular weight is 449 g/mol. The number of benzene rings is 2. The maximum atomic E-state index is 13.3. The van der Waals surface area contributed by atoms with Crippen molar-refractivity contribution in [1.82, 2.24) is 10.2 Å². The van der Waals surface area contributed by atoms with Crippen LogP contribution in [0.4, 0.5) is 0 Å². The Balaban J connectivity index is 2.32. The minimum absolute atomic E-state index is 0.0371. The molecule has 0 aromatic heterocycles. The number of amides is 2. The molecule has 0 bridgehead atoms. The van der Waals surface area contributed by atoms with Gasteiger partial charge in [0.2, 0.25) is 11.8 Å². The predicted molar refractivity (Wildman–Crippen MR) is 124 cm³/mol. The lowest BCUT2D eigenvalue weighted by Crippen LogP contribution is -2.50. The number of carbonyl (C=O) groups excluding carboxylic acids is 2. The molecule has 0 heterocycles. The highest BCUT2D eigenvalue weighted by Gasteiger charge is 2.27. The Kier molecular flexibility index (Phi) is 8.75. The van der Waals surface area contributed by atoms with Crippen LogP contribution in [0.3, 0.4) is 0 Å². The fourth-order valence-electron chi connectivity index (χ4n) is 3.14. The van der Waals surface area contributed by atoms with Crippen molar-refractivity contribution in [1.29, 1.82) is 0 Å². The zero-order valence-electron chi connectivity index (χ0n) is 18.3. The summed E-state index contributed by atoms with van der Waals surface area (Å²) in [6.45, 7) is 9.93. The first kappa shape index (κ1) is 24.2. The molecule has 30 heavy (non-hydrogen) atoms. The van der Waals surface area contributed by atoms with Crippen LogP contribution in [0.5, 0.6) is 0 Å². The summed E-state index contributed by atoms with van der Waals surface area (Å²) < 4.78 is 0. The third-order valence-electron chi connectivity index (χ3n) is 5.37. The second-order valence-corrected chi connectivity index (χ2v) is 8.70. The smallest absolute Gasteiger partial charge is 0.242 e. The Labute approximate surface area is 189 Å². The number of nitrogens with one attached hydrogen (secondary N) is 1. The molecule has 0 saturated carbocycles. The second kappa shape index (κ2) is 10.8. The van der Waals surface area contributed by atoms with E-state index in [0.717, 1.165) is 28.7 Å². The van der Waals surface area contributed by atoms with Gasteiger partial charge < -0.3 is 10.2 Å². The topological polar surface area (TPSA) is 49.4 Å². The Morgan fingerprint density at radius 3 is 2.37 bits per heavy atom. The van der Waals surface area contributed by atoms with Gasteiger partial charge >= 0.3 is 0 Å². The van der Waals surface area contributed by atoms with Crippen LogP contribution in [0.1, 0.15) is 49.4 Å². The molecule has 162 valence electrons. The maximum Gasteiger partial charge on any atom is 0.242 e. The molecule has 0 aliphatic carbocycles. The summed E-state index contributed by atoms with van der Waals surface area (Å²) in [5, 5.41) is 3.97. The Morgan fingerprint density at radius 1 is 1.03 bits per heavy atom. The number of aryl methyl sites for hydroxylation is 2. The van der Waals surface area contributed by atoms with Crippen LogP contribution >= 0.6 is 23.2 Å².